The smallest absolute Gasteiger partial charge is 0.334 e. The number of fused-ring (bicyclic) bond motifs is 2. The highest BCUT2D eigenvalue weighted by Gasteiger charge is 2.30. The van der Waals surface area contributed by atoms with Crippen molar-refractivity contribution >= 4 is 18.2 Å². The molecule has 0 bridgehead atoms. The first-order valence-electron chi connectivity index (χ1n) is 5.22. The second-order valence-corrected chi connectivity index (χ2v) is 3.86. The van der Waals surface area contributed by atoms with Gasteiger partial charge in [-0.1, -0.05) is 42.5 Å². The molecule has 0 radical (unpaired) electrons. The van der Waals surface area contributed by atoms with Gasteiger partial charge < -0.3 is 9.64 Å². The summed E-state index contributed by atoms with van der Waals surface area (Å²) < 4.78 is 5.02. The fourth-order valence-corrected chi connectivity index (χ4v) is 1.97. The molecule has 1 aromatic rings. The normalized spacial score (nSPS) is 22.1. The van der Waals surface area contributed by atoms with Crippen molar-refractivity contribution in [3.63, 3.8) is 0 Å². The Morgan fingerprint density at radius 1 is 1.25 bits per heavy atom. The molecular formula is C13H11NO2. The molecule has 1 atom stereocenters. The zero-order valence-corrected chi connectivity index (χ0v) is 8.67. The van der Waals surface area contributed by atoms with Crippen LogP contribution < -0.4 is 10.4 Å². The number of hydrogen-bond acceptors (Lipinski definition) is 3. The quantitative estimate of drug-likeness (QED) is 0.566. The van der Waals surface area contributed by atoms with Crippen molar-refractivity contribution in [1.29, 1.82) is 0 Å². The van der Waals surface area contributed by atoms with E-state index in [9.17, 15) is 4.79 Å². The van der Waals surface area contributed by atoms with Crippen LogP contribution in [0.25, 0.3) is 12.3 Å². The minimum atomic E-state index is -0.274. The average molecular weight is 213 g/mol. The van der Waals surface area contributed by atoms with E-state index in [0.717, 1.165) is 10.4 Å². The molecule has 3 heteroatoms. The number of benzene rings is 1. The predicted octanol–water partition coefficient (Wildman–Crippen LogP) is -0.0402. The minimum Gasteiger partial charge on any atom is -0.442 e. The van der Waals surface area contributed by atoms with Gasteiger partial charge in [-0.05, 0) is 10.4 Å². The largest absolute Gasteiger partial charge is 0.442 e. The fourth-order valence-electron chi connectivity index (χ4n) is 1.97. The Balaban J connectivity index is 2.20. The molecule has 80 valence electrons. The number of esters is 1. The zero-order chi connectivity index (χ0) is 11.0. The van der Waals surface area contributed by atoms with Crippen LogP contribution in [0.1, 0.15) is 0 Å². The lowest BCUT2D eigenvalue weighted by Gasteiger charge is -2.15. The number of ether oxygens (including phenoxy) is 1. The van der Waals surface area contributed by atoms with E-state index in [1.165, 1.54) is 0 Å². The second-order valence-electron chi connectivity index (χ2n) is 3.86. The molecule has 2 aliphatic rings. The van der Waals surface area contributed by atoms with Crippen LogP contribution in [0.5, 0.6) is 0 Å². The first-order chi connectivity index (χ1) is 7.84. The number of rotatable bonds is 0. The highest BCUT2D eigenvalue weighted by atomic mass is 16.6. The third kappa shape index (κ3) is 1.41. The first-order valence-corrected chi connectivity index (χ1v) is 5.22. The first kappa shape index (κ1) is 9.21. The summed E-state index contributed by atoms with van der Waals surface area (Å²) in [5, 5.41) is 2.26. The molecule has 2 heterocycles. The molecule has 1 aromatic carbocycles. The van der Waals surface area contributed by atoms with Gasteiger partial charge in [0.25, 0.3) is 0 Å². The number of cyclic esters (lactones) is 1. The maximum Gasteiger partial charge on any atom is 0.334 e. The van der Waals surface area contributed by atoms with Gasteiger partial charge in [0.1, 0.15) is 6.04 Å². The minimum absolute atomic E-state index is 0.180. The van der Waals surface area contributed by atoms with E-state index >= 15 is 0 Å². The summed E-state index contributed by atoms with van der Waals surface area (Å²) in [4.78, 5) is 13.3. The van der Waals surface area contributed by atoms with Gasteiger partial charge in [-0.25, -0.2) is 4.79 Å². The van der Waals surface area contributed by atoms with E-state index in [-0.39, 0.29) is 12.0 Å². The monoisotopic (exact) mass is 213 g/mol. The van der Waals surface area contributed by atoms with Crippen molar-refractivity contribution in [3.8, 4) is 0 Å². The van der Waals surface area contributed by atoms with Gasteiger partial charge in [-0.2, -0.15) is 0 Å². The third-order valence-corrected chi connectivity index (χ3v) is 2.82. The van der Waals surface area contributed by atoms with Gasteiger partial charge in [0.2, 0.25) is 0 Å². The lowest BCUT2D eigenvalue weighted by Crippen LogP contribution is -2.34. The van der Waals surface area contributed by atoms with E-state index in [1.54, 1.807) is 0 Å². The fraction of sp³-hybridized carbons (Fsp3) is 0.154. The number of hydrogen-bond donors (Lipinski definition) is 0. The summed E-state index contributed by atoms with van der Waals surface area (Å²) in [5.74, 6) is -0.180. The Bertz CT molecular complexity index is 574. The van der Waals surface area contributed by atoms with Crippen LogP contribution >= 0.6 is 0 Å². The number of carbonyl (C=O) groups excluding carboxylic acids is 1. The van der Waals surface area contributed by atoms with E-state index in [4.69, 9.17) is 4.74 Å². The molecule has 0 N–H and O–H groups in total. The Kier molecular flexibility index (Phi) is 2.03. The number of nitrogens with zero attached hydrogens (tertiary/aromatic N) is 1. The summed E-state index contributed by atoms with van der Waals surface area (Å²) in [6.45, 7) is 0.335. The van der Waals surface area contributed by atoms with Gasteiger partial charge in [-0.3, -0.25) is 0 Å². The van der Waals surface area contributed by atoms with Crippen LogP contribution in [0.15, 0.2) is 36.4 Å². The predicted molar refractivity (Wildman–Crippen MR) is 60.3 cm³/mol. The molecule has 1 saturated heterocycles. The zero-order valence-electron chi connectivity index (χ0n) is 8.67. The van der Waals surface area contributed by atoms with Gasteiger partial charge in [-0.15, -0.1) is 0 Å². The van der Waals surface area contributed by atoms with Crippen molar-refractivity contribution in [1.82, 2.24) is 4.90 Å². The molecule has 3 rings (SSSR count). The van der Waals surface area contributed by atoms with E-state index < -0.39 is 0 Å². The topological polar surface area (TPSA) is 29.5 Å². The van der Waals surface area contributed by atoms with Crippen molar-refractivity contribution < 1.29 is 9.53 Å². The molecule has 16 heavy (non-hydrogen) atoms. The van der Waals surface area contributed by atoms with E-state index in [2.05, 4.69) is 6.07 Å². The highest BCUT2D eigenvalue weighted by molar-refractivity contribution is 5.81. The van der Waals surface area contributed by atoms with Gasteiger partial charge >= 0.3 is 5.97 Å². The third-order valence-electron chi connectivity index (χ3n) is 2.82. The molecule has 0 aromatic heterocycles. The summed E-state index contributed by atoms with van der Waals surface area (Å²) in [6, 6.07) is 7.80. The molecule has 1 fully saturated rings. The van der Waals surface area contributed by atoms with Crippen molar-refractivity contribution in [2.75, 3.05) is 6.73 Å². The van der Waals surface area contributed by atoms with E-state index in [1.807, 2.05) is 47.5 Å². The van der Waals surface area contributed by atoms with Gasteiger partial charge in [0, 0.05) is 6.20 Å². The Morgan fingerprint density at radius 3 is 2.94 bits per heavy atom. The molecular weight excluding hydrogens is 202 g/mol. The Morgan fingerprint density at radius 2 is 2.06 bits per heavy atom. The van der Waals surface area contributed by atoms with Crippen LogP contribution in [-0.2, 0) is 9.53 Å². The Labute approximate surface area is 92.9 Å². The molecule has 2 aliphatic heterocycles. The van der Waals surface area contributed by atoms with Crippen molar-refractivity contribution in [2.24, 2.45) is 0 Å². The molecule has 0 spiro atoms. The standard InChI is InChI=1S/C13H11NO2/c15-13-12-7-3-6-10-4-1-2-5-11(10)8-14(12)9-16-13/h1-8,12H,9H2. The van der Waals surface area contributed by atoms with Crippen molar-refractivity contribution in [3.05, 3.63) is 46.9 Å². The number of allylic oxidation sites excluding steroid dienone is 1. The molecule has 0 aliphatic carbocycles. The molecule has 1 unspecified atom stereocenters. The van der Waals surface area contributed by atoms with Crippen LogP contribution in [-0.4, -0.2) is 23.6 Å². The van der Waals surface area contributed by atoms with Crippen LogP contribution in [0.2, 0.25) is 0 Å². The van der Waals surface area contributed by atoms with Crippen molar-refractivity contribution in [2.45, 2.75) is 6.04 Å². The molecule has 0 saturated carbocycles. The molecule has 3 nitrogen and oxygen atoms in total. The number of carbonyl (C=O) groups is 1. The van der Waals surface area contributed by atoms with Crippen LogP contribution in [0, 0.1) is 0 Å². The van der Waals surface area contributed by atoms with Crippen LogP contribution in [0.3, 0.4) is 0 Å². The Hall–Kier alpha value is -2.03. The lowest BCUT2D eigenvalue weighted by molar-refractivity contribution is -0.138. The summed E-state index contributed by atoms with van der Waals surface area (Å²) in [6.07, 6.45) is 7.76. The highest BCUT2D eigenvalue weighted by Crippen LogP contribution is 2.13. The maximum atomic E-state index is 11.4. The second kappa shape index (κ2) is 3.52. The SMILES string of the molecule is O=C1OCN2C=c3ccccc3=CC=CC12. The summed E-state index contributed by atoms with van der Waals surface area (Å²) in [5.41, 5.74) is 0. The maximum absolute atomic E-state index is 11.4. The summed E-state index contributed by atoms with van der Waals surface area (Å²) in [7, 11) is 0. The summed E-state index contributed by atoms with van der Waals surface area (Å²) >= 11 is 0. The average Bonchev–Trinajstić information content (AvgIpc) is 2.60. The molecule has 0 amide bonds. The van der Waals surface area contributed by atoms with Gasteiger partial charge in [0.15, 0.2) is 6.73 Å². The lowest BCUT2D eigenvalue weighted by atomic mass is 10.1. The van der Waals surface area contributed by atoms with Crippen LogP contribution in [0.4, 0.5) is 0 Å². The van der Waals surface area contributed by atoms with E-state index in [0.29, 0.717) is 6.73 Å². The van der Waals surface area contributed by atoms with Gasteiger partial charge in [0.05, 0.1) is 0 Å².